The van der Waals surface area contributed by atoms with Crippen LogP contribution in [0.4, 0.5) is 23.0 Å². The summed E-state index contributed by atoms with van der Waals surface area (Å²) in [6, 6.07) is 15.8. The molecule has 0 radical (unpaired) electrons. The number of anilines is 4. The summed E-state index contributed by atoms with van der Waals surface area (Å²) in [6.45, 7) is 8.03. The summed E-state index contributed by atoms with van der Waals surface area (Å²) < 4.78 is 5.26. The van der Waals surface area contributed by atoms with E-state index < -0.39 is 5.97 Å². The first kappa shape index (κ1) is 23.8. The second-order valence-corrected chi connectivity index (χ2v) is 8.07. The quantitative estimate of drug-likeness (QED) is 0.314. The van der Waals surface area contributed by atoms with Gasteiger partial charge in [-0.05, 0) is 51.0 Å². The minimum Gasteiger partial charge on any atom is -0.462 e. The predicted octanol–water partition coefficient (Wildman–Crippen LogP) is 5.78. The molecule has 0 spiro atoms. The molecule has 0 fully saturated rings. The molecule has 0 aliphatic heterocycles. The number of aryl methyl sites for hydroxylation is 3. The molecule has 178 valence electrons. The molecule has 0 saturated heterocycles. The number of aromatic nitrogens is 4. The van der Waals surface area contributed by atoms with Gasteiger partial charge in [0.2, 0.25) is 0 Å². The minimum absolute atomic E-state index is 0.260. The summed E-state index contributed by atoms with van der Waals surface area (Å²) in [4.78, 5) is 30.3. The maximum absolute atomic E-state index is 12.7. The van der Waals surface area contributed by atoms with E-state index in [1.165, 1.54) is 12.5 Å². The Morgan fingerprint density at radius 1 is 0.971 bits per heavy atom. The number of benzene rings is 2. The van der Waals surface area contributed by atoms with Gasteiger partial charge in [-0.2, -0.15) is 0 Å². The average molecular weight is 469 g/mol. The van der Waals surface area contributed by atoms with Crippen LogP contribution in [0.5, 0.6) is 0 Å². The van der Waals surface area contributed by atoms with Gasteiger partial charge in [-0.1, -0.05) is 36.8 Å². The standard InChI is InChI=1S/C27H28N6O2/c1-5-19-10-11-21(31-24-13-18(4)29-16-30-24)14-23(19)32-26-22(27(34)35-6-2)15-28-25(33-26)20-9-7-8-17(3)12-20/h7-16H,5-6H2,1-4H3,(H,28,32,33)(H,29,30,31). The highest BCUT2D eigenvalue weighted by molar-refractivity contribution is 5.95. The molecule has 0 aliphatic rings. The van der Waals surface area contributed by atoms with Gasteiger partial charge >= 0.3 is 5.97 Å². The van der Waals surface area contributed by atoms with Crippen molar-refractivity contribution < 1.29 is 9.53 Å². The van der Waals surface area contributed by atoms with Crippen LogP contribution in [0, 0.1) is 13.8 Å². The van der Waals surface area contributed by atoms with Crippen molar-refractivity contribution in [3.05, 3.63) is 83.4 Å². The highest BCUT2D eigenvalue weighted by Crippen LogP contribution is 2.29. The van der Waals surface area contributed by atoms with E-state index in [1.54, 1.807) is 6.92 Å². The van der Waals surface area contributed by atoms with E-state index >= 15 is 0 Å². The second-order valence-electron chi connectivity index (χ2n) is 8.07. The van der Waals surface area contributed by atoms with Gasteiger partial charge in [-0.25, -0.2) is 24.7 Å². The Bertz CT molecular complexity index is 1360. The maximum atomic E-state index is 12.7. The SMILES string of the molecule is CCOC(=O)c1cnc(-c2cccc(C)c2)nc1Nc1cc(Nc2cc(C)ncn2)ccc1CC. The van der Waals surface area contributed by atoms with Crippen LogP contribution < -0.4 is 10.6 Å². The molecule has 0 amide bonds. The van der Waals surface area contributed by atoms with Crippen LogP contribution >= 0.6 is 0 Å². The molecule has 0 unspecified atom stereocenters. The van der Waals surface area contributed by atoms with E-state index in [2.05, 4.69) is 32.5 Å². The third kappa shape index (κ3) is 5.78. The summed E-state index contributed by atoms with van der Waals surface area (Å²) in [6.07, 6.45) is 3.83. The molecule has 0 aliphatic carbocycles. The van der Waals surface area contributed by atoms with Gasteiger partial charge in [0, 0.05) is 34.9 Å². The zero-order valence-corrected chi connectivity index (χ0v) is 20.3. The van der Waals surface area contributed by atoms with Crippen LogP contribution in [0.3, 0.4) is 0 Å². The molecule has 0 atom stereocenters. The lowest BCUT2D eigenvalue weighted by Crippen LogP contribution is -2.11. The Morgan fingerprint density at radius 3 is 2.57 bits per heavy atom. The fourth-order valence-electron chi connectivity index (χ4n) is 3.64. The van der Waals surface area contributed by atoms with Crippen LogP contribution in [-0.4, -0.2) is 32.5 Å². The minimum atomic E-state index is -0.477. The molecule has 2 heterocycles. The van der Waals surface area contributed by atoms with E-state index in [-0.39, 0.29) is 12.2 Å². The van der Waals surface area contributed by atoms with Gasteiger partial charge in [0.15, 0.2) is 5.82 Å². The van der Waals surface area contributed by atoms with E-state index in [9.17, 15) is 4.79 Å². The molecular formula is C27H28N6O2. The topological polar surface area (TPSA) is 102 Å². The lowest BCUT2D eigenvalue weighted by atomic mass is 10.1. The smallest absolute Gasteiger partial charge is 0.343 e. The molecule has 0 saturated carbocycles. The predicted molar refractivity (Wildman–Crippen MR) is 137 cm³/mol. The van der Waals surface area contributed by atoms with Crippen LogP contribution in [0.15, 0.2) is 61.1 Å². The monoisotopic (exact) mass is 468 g/mol. The Labute approximate surface area is 204 Å². The van der Waals surface area contributed by atoms with Gasteiger partial charge in [-0.3, -0.25) is 0 Å². The van der Waals surface area contributed by atoms with Crippen molar-refractivity contribution >= 4 is 29.0 Å². The van der Waals surface area contributed by atoms with Crippen molar-refractivity contribution in [1.29, 1.82) is 0 Å². The largest absolute Gasteiger partial charge is 0.462 e. The zero-order chi connectivity index (χ0) is 24.8. The number of hydrogen-bond donors (Lipinski definition) is 2. The number of nitrogens with one attached hydrogen (secondary N) is 2. The molecule has 4 rings (SSSR count). The first-order chi connectivity index (χ1) is 17.0. The molecule has 4 aromatic rings. The number of hydrogen-bond acceptors (Lipinski definition) is 8. The van der Waals surface area contributed by atoms with Crippen molar-refractivity contribution in [1.82, 2.24) is 19.9 Å². The van der Waals surface area contributed by atoms with Crippen molar-refractivity contribution in [2.24, 2.45) is 0 Å². The number of nitrogens with zero attached hydrogens (tertiary/aromatic N) is 4. The van der Waals surface area contributed by atoms with Crippen molar-refractivity contribution in [2.45, 2.75) is 34.1 Å². The third-order valence-corrected chi connectivity index (χ3v) is 5.38. The Morgan fingerprint density at radius 2 is 1.83 bits per heavy atom. The Hall–Kier alpha value is -4.33. The van der Waals surface area contributed by atoms with Gasteiger partial charge in [0.1, 0.15) is 23.5 Å². The lowest BCUT2D eigenvalue weighted by molar-refractivity contribution is 0.0526. The van der Waals surface area contributed by atoms with Crippen LogP contribution in [0.1, 0.15) is 41.0 Å². The van der Waals surface area contributed by atoms with E-state index in [0.29, 0.717) is 17.5 Å². The Kier molecular flexibility index (Phi) is 7.30. The average Bonchev–Trinajstić information content (AvgIpc) is 2.84. The summed E-state index contributed by atoms with van der Waals surface area (Å²) in [7, 11) is 0. The van der Waals surface area contributed by atoms with Gasteiger partial charge in [0.25, 0.3) is 0 Å². The number of ether oxygens (including phenoxy) is 1. The fraction of sp³-hybridized carbons (Fsp3) is 0.222. The van der Waals surface area contributed by atoms with E-state index in [0.717, 1.165) is 40.2 Å². The zero-order valence-electron chi connectivity index (χ0n) is 20.3. The summed E-state index contributed by atoms with van der Waals surface area (Å²) in [5.41, 5.74) is 5.84. The van der Waals surface area contributed by atoms with Gasteiger partial charge < -0.3 is 15.4 Å². The number of esters is 1. The molecule has 0 bridgehead atoms. The molecule has 8 heteroatoms. The van der Waals surface area contributed by atoms with Crippen LogP contribution in [0.2, 0.25) is 0 Å². The van der Waals surface area contributed by atoms with E-state index in [1.807, 2.05) is 62.4 Å². The highest BCUT2D eigenvalue weighted by atomic mass is 16.5. The fourth-order valence-corrected chi connectivity index (χ4v) is 3.64. The van der Waals surface area contributed by atoms with Crippen LogP contribution in [-0.2, 0) is 11.2 Å². The summed E-state index contributed by atoms with van der Waals surface area (Å²) in [5.74, 6) is 1.13. The first-order valence-electron chi connectivity index (χ1n) is 11.5. The lowest BCUT2D eigenvalue weighted by Gasteiger charge is -2.16. The normalized spacial score (nSPS) is 10.6. The number of carbonyl (C=O) groups excluding carboxylic acids is 1. The maximum Gasteiger partial charge on any atom is 0.343 e. The highest BCUT2D eigenvalue weighted by Gasteiger charge is 2.18. The number of carbonyl (C=O) groups is 1. The first-order valence-corrected chi connectivity index (χ1v) is 11.5. The van der Waals surface area contributed by atoms with Crippen molar-refractivity contribution in [3.8, 4) is 11.4 Å². The van der Waals surface area contributed by atoms with E-state index in [4.69, 9.17) is 9.72 Å². The molecule has 35 heavy (non-hydrogen) atoms. The van der Waals surface area contributed by atoms with Crippen molar-refractivity contribution in [3.63, 3.8) is 0 Å². The summed E-state index contributed by atoms with van der Waals surface area (Å²) >= 11 is 0. The third-order valence-electron chi connectivity index (χ3n) is 5.38. The van der Waals surface area contributed by atoms with Gasteiger partial charge in [0.05, 0.1) is 6.61 Å². The van der Waals surface area contributed by atoms with Gasteiger partial charge in [-0.15, -0.1) is 0 Å². The van der Waals surface area contributed by atoms with Crippen molar-refractivity contribution in [2.75, 3.05) is 17.2 Å². The molecule has 2 aromatic heterocycles. The van der Waals surface area contributed by atoms with Crippen LogP contribution in [0.25, 0.3) is 11.4 Å². The molecule has 2 N–H and O–H groups in total. The summed E-state index contributed by atoms with van der Waals surface area (Å²) in [5, 5.41) is 6.68. The number of rotatable bonds is 8. The second kappa shape index (κ2) is 10.7. The molecule has 8 nitrogen and oxygen atoms in total. The Balaban J connectivity index is 1.73. The molecular weight excluding hydrogens is 440 g/mol. The molecule has 2 aromatic carbocycles.